The van der Waals surface area contributed by atoms with E-state index in [4.69, 9.17) is 10.6 Å². The quantitative estimate of drug-likeness (QED) is 0.638. The third-order valence-electron chi connectivity index (χ3n) is 2.73. The molecule has 94 valence electrons. The van der Waals surface area contributed by atoms with Crippen LogP contribution in [0.25, 0.3) is 0 Å². The Bertz CT molecular complexity index is 533. The summed E-state index contributed by atoms with van der Waals surface area (Å²) in [7, 11) is 1.56. The average molecular weight is 247 g/mol. The summed E-state index contributed by atoms with van der Waals surface area (Å²) in [6.07, 6.45) is 2.69. The molecule has 0 radical (unpaired) electrons. The van der Waals surface area contributed by atoms with Gasteiger partial charge in [0.25, 0.3) is 0 Å². The maximum absolute atomic E-state index is 13.7. The monoisotopic (exact) mass is 247 g/mol. The van der Waals surface area contributed by atoms with Crippen LogP contribution in [0.4, 0.5) is 4.39 Å². The third-order valence-corrected chi connectivity index (χ3v) is 2.73. The van der Waals surface area contributed by atoms with Gasteiger partial charge in [-0.15, -0.1) is 0 Å². The number of hydrogen-bond acceptors (Lipinski definition) is 4. The maximum Gasteiger partial charge on any atom is 0.146 e. The molecule has 4 nitrogen and oxygen atoms in total. The third kappa shape index (κ3) is 2.32. The van der Waals surface area contributed by atoms with Crippen molar-refractivity contribution in [2.75, 3.05) is 7.11 Å². The van der Waals surface area contributed by atoms with Crippen molar-refractivity contribution in [3.8, 4) is 5.75 Å². The number of nitrogens with two attached hydrogens (primary N) is 1. The van der Waals surface area contributed by atoms with Gasteiger partial charge >= 0.3 is 0 Å². The minimum Gasteiger partial charge on any atom is -0.496 e. The smallest absolute Gasteiger partial charge is 0.146 e. The van der Waals surface area contributed by atoms with Gasteiger partial charge in [0.15, 0.2) is 0 Å². The molecule has 0 saturated heterocycles. The van der Waals surface area contributed by atoms with E-state index in [1.807, 2.05) is 18.2 Å². The molecule has 0 spiro atoms. The average Bonchev–Trinajstić information content (AvgIpc) is 2.42. The van der Waals surface area contributed by atoms with E-state index in [2.05, 4.69) is 10.4 Å². The molecule has 2 rings (SSSR count). The normalized spacial score (nSPS) is 12.2. The van der Waals surface area contributed by atoms with Crippen molar-refractivity contribution in [2.24, 2.45) is 5.84 Å². The first-order chi connectivity index (χ1) is 8.77. The van der Waals surface area contributed by atoms with Crippen molar-refractivity contribution >= 4 is 0 Å². The Morgan fingerprint density at radius 1 is 1.28 bits per heavy atom. The number of ether oxygens (including phenoxy) is 1. The van der Waals surface area contributed by atoms with Gasteiger partial charge in [0.05, 0.1) is 19.3 Å². The van der Waals surface area contributed by atoms with Crippen molar-refractivity contribution < 1.29 is 9.13 Å². The van der Waals surface area contributed by atoms with E-state index in [0.717, 1.165) is 11.8 Å². The number of pyridine rings is 1. The lowest BCUT2D eigenvalue weighted by Crippen LogP contribution is -2.29. The molecule has 3 N–H and O–H groups in total. The number of methoxy groups -OCH3 is 1. The molecule has 0 aliphatic rings. The fraction of sp³-hybridized carbons (Fsp3) is 0.154. The van der Waals surface area contributed by atoms with Crippen LogP contribution in [0.15, 0.2) is 42.7 Å². The highest BCUT2D eigenvalue weighted by molar-refractivity contribution is 5.41. The number of nitrogens with zero attached hydrogens (tertiary/aromatic N) is 1. The SMILES string of the molecule is COc1ccccc1C(NN)c1ccncc1F. The Morgan fingerprint density at radius 3 is 2.72 bits per heavy atom. The van der Waals surface area contributed by atoms with Gasteiger partial charge < -0.3 is 4.74 Å². The van der Waals surface area contributed by atoms with Crippen LogP contribution >= 0.6 is 0 Å². The predicted octanol–water partition coefficient (Wildman–Crippen LogP) is 1.78. The molecule has 0 aliphatic carbocycles. The van der Waals surface area contributed by atoms with Crippen molar-refractivity contribution in [3.63, 3.8) is 0 Å². The van der Waals surface area contributed by atoms with Crippen LogP contribution in [0.2, 0.25) is 0 Å². The van der Waals surface area contributed by atoms with Gasteiger partial charge in [-0.2, -0.15) is 0 Å². The van der Waals surface area contributed by atoms with E-state index < -0.39 is 11.9 Å². The highest BCUT2D eigenvalue weighted by Gasteiger charge is 2.19. The molecular formula is C13H14FN3O. The van der Waals surface area contributed by atoms with E-state index in [9.17, 15) is 4.39 Å². The number of aromatic nitrogens is 1. The van der Waals surface area contributed by atoms with Crippen LogP contribution in [0.5, 0.6) is 5.75 Å². The Labute approximate surface area is 105 Å². The van der Waals surface area contributed by atoms with E-state index in [1.54, 1.807) is 19.2 Å². The van der Waals surface area contributed by atoms with Crippen LogP contribution in [-0.2, 0) is 0 Å². The summed E-state index contributed by atoms with van der Waals surface area (Å²) < 4.78 is 19.0. The first-order valence-corrected chi connectivity index (χ1v) is 5.46. The summed E-state index contributed by atoms with van der Waals surface area (Å²) in [6.45, 7) is 0. The van der Waals surface area contributed by atoms with Crippen molar-refractivity contribution in [2.45, 2.75) is 6.04 Å². The fourth-order valence-electron chi connectivity index (χ4n) is 1.87. The van der Waals surface area contributed by atoms with Gasteiger partial charge in [-0.05, 0) is 12.1 Å². The van der Waals surface area contributed by atoms with Crippen molar-refractivity contribution in [1.82, 2.24) is 10.4 Å². The fourth-order valence-corrected chi connectivity index (χ4v) is 1.87. The lowest BCUT2D eigenvalue weighted by Gasteiger charge is -2.19. The molecule has 1 aromatic heterocycles. The zero-order chi connectivity index (χ0) is 13.0. The molecule has 0 fully saturated rings. The Hall–Kier alpha value is -1.98. The minimum atomic E-state index is -0.482. The number of para-hydroxylation sites is 1. The highest BCUT2D eigenvalue weighted by Crippen LogP contribution is 2.30. The number of rotatable bonds is 4. The maximum atomic E-state index is 13.7. The largest absolute Gasteiger partial charge is 0.496 e. The molecule has 0 aliphatic heterocycles. The van der Waals surface area contributed by atoms with E-state index in [-0.39, 0.29) is 0 Å². The molecule has 0 saturated carbocycles. The van der Waals surface area contributed by atoms with Crippen LogP contribution in [0, 0.1) is 5.82 Å². The molecule has 1 aromatic carbocycles. The van der Waals surface area contributed by atoms with E-state index >= 15 is 0 Å². The van der Waals surface area contributed by atoms with E-state index in [0.29, 0.717) is 11.3 Å². The first-order valence-electron chi connectivity index (χ1n) is 5.46. The zero-order valence-electron chi connectivity index (χ0n) is 9.93. The summed E-state index contributed by atoms with van der Waals surface area (Å²) >= 11 is 0. The lowest BCUT2D eigenvalue weighted by molar-refractivity contribution is 0.403. The second kappa shape index (κ2) is 5.57. The molecule has 18 heavy (non-hydrogen) atoms. The second-order valence-electron chi connectivity index (χ2n) is 3.74. The zero-order valence-corrected chi connectivity index (χ0v) is 9.93. The van der Waals surface area contributed by atoms with Gasteiger partial charge in [0.1, 0.15) is 11.6 Å². The van der Waals surface area contributed by atoms with Gasteiger partial charge in [-0.25, -0.2) is 9.82 Å². The predicted molar refractivity (Wildman–Crippen MR) is 66.4 cm³/mol. The van der Waals surface area contributed by atoms with Crippen molar-refractivity contribution in [3.05, 3.63) is 59.7 Å². The van der Waals surface area contributed by atoms with Crippen LogP contribution < -0.4 is 16.0 Å². The van der Waals surface area contributed by atoms with E-state index in [1.165, 1.54) is 6.20 Å². The number of halogens is 1. The summed E-state index contributed by atoms with van der Waals surface area (Å²) in [5, 5.41) is 0. The first kappa shape index (κ1) is 12.5. The van der Waals surface area contributed by atoms with Crippen LogP contribution in [-0.4, -0.2) is 12.1 Å². The van der Waals surface area contributed by atoms with Crippen LogP contribution in [0.3, 0.4) is 0 Å². The number of nitrogens with one attached hydrogen (secondary N) is 1. The molecular weight excluding hydrogens is 233 g/mol. The topological polar surface area (TPSA) is 60.2 Å². The van der Waals surface area contributed by atoms with Gasteiger partial charge in [0.2, 0.25) is 0 Å². The standard InChI is InChI=1S/C13H14FN3O/c1-18-12-5-3-2-4-10(12)13(17-15)9-6-7-16-8-11(9)14/h2-8,13,17H,15H2,1H3. The summed E-state index contributed by atoms with van der Waals surface area (Å²) in [5.41, 5.74) is 3.80. The van der Waals surface area contributed by atoms with Crippen molar-refractivity contribution in [1.29, 1.82) is 0 Å². The molecule has 1 atom stereocenters. The van der Waals surface area contributed by atoms with Gasteiger partial charge in [0, 0.05) is 17.3 Å². The summed E-state index contributed by atoms with van der Waals surface area (Å²) in [5.74, 6) is 5.78. The molecule has 0 amide bonds. The Morgan fingerprint density at radius 2 is 2.06 bits per heavy atom. The number of hydrazine groups is 1. The molecule has 1 heterocycles. The van der Waals surface area contributed by atoms with Gasteiger partial charge in [-0.1, -0.05) is 18.2 Å². The minimum absolute atomic E-state index is 0.411. The molecule has 2 aromatic rings. The number of benzene rings is 1. The van der Waals surface area contributed by atoms with Crippen LogP contribution in [0.1, 0.15) is 17.2 Å². The molecule has 0 bridgehead atoms. The summed E-state index contributed by atoms with van der Waals surface area (Å²) in [6, 6.07) is 8.44. The Kier molecular flexibility index (Phi) is 3.86. The molecule has 5 heteroatoms. The lowest BCUT2D eigenvalue weighted by atomic mass is 9.99. The number of hydrogen-bond donors (Lipinski definition) is 2. The second-order valence-corrected chi connectivity index (χ2v) is 3.74. The highest BCUT2D eigenvalue weighted by atomic mass is 19.1. The Balaban J connectivity index is 2.49. The molecule has 1 unspecified atom stereocenters. The van der Waals surface area contributed by atoms with Gasteiger partial charge in [-0.3, -0.25) is 10.8 Å². The summed E-state index contributed by atoms with van der Waals surface area (Å²) in [4.78, 5) is 3.72.